The van der Waals surface area contributed by atoms with E-state index in [1.165, 1.54) is 6.20 Å². The number of hydrogen-bond acceptors (Lipinski definition) is 5. The van der Waals surface area contributed by atoms with Crippen LogP contribution in [0.1, 0.15) is 65.2 Å². The van der Waals surface area contributed by atoms with Crippen molar-refractivity contribution in [3.63, 3.8) is 0 Å². The van der Waals surface area contributed by atoms with Crippen LogP contribution in [0.3, 0.4) is 0 Å². The maximum absolute atomic E-state index is 15.2. The molecule has 216 valence electrons. The topological polar surface area (TPSA) is 73.4 Å². The summed E-state index contributed by atoms with van der Waals surface area (Å²) in [7, 11) is 0. The second-order valence-electron chi connectivity index (χ2n) is 11.5. The van der Waals surface area contributed by atoms with Crippen LogP contribution in [0.5, 0.6) is 11.5 Å². The largest absolute Gasteiger partial charge is 0.456 e. The normalized spacial score (nSPS) is 15.6. The van der Waals surface area contributed by atoms with E-state index in [9.17, 15) is 4.79 Å². The van der Waals surface area contributed by atoms with Crippen molar-refractivity contribution in [1.29, 1.82) is 0 Å². The molecule has 0 amide bonds. The number of allylic oxidation sites excluding steroid dienone is 1. The summed E-state index contributed by atoms with van der Waals surface area (Å²) < 4.78 is 22.7. The molecule has 0 spiro atoms. The third kappa shape index (κ3) is 5.35. The number of para-hydroxylation sites is 1. The van der Waals surface area contributed by atoms with Gasteiger partial charge in [0.05, 0.1) is 22.5 Å². The quantitative estimate of drug-likeness (QED) is 0.225. The summed E-state index contributed by atoms with van der Waals surface area (Å²) in [5, 5.41) is 4.96. The van der Waals surface area contributed by atoms with Gasteiger partial charge in [0, 0.05) is 18.0 Å². The molecule has 3 aromatic carbocycles. The first-order chi connectivity index (χ1) is 20.2. The van der Waals surface area contributed by atoms with Gasteiger partial charge in [-0.3, -0.25) is 4.79 Å². The summed E-state index contributed by atoms with van der Waals surface area (Å²) in [5.74, 6) is 1.25. The first-order valence-electron chi connectivity index (χ1n) is 14.4. The minimum absolute atomic E-state index is 0.188. The lowest BCUT2D eigenvalue weighted by atomic mass is 9.87. The Morgan fingerprint density at radius 1 is 1.12 bits per heavy atom. The van der Waals surface area contributed by atoms with Crippen molar-refractivity contribution in [1.82, 2.24) is 14.7 Å². The fourth-order valence-electron chi connectivity index (χ4n) is 6.05. The highest BCUT2D eigenvalue weighted by molar-refractivity contribution is 6.32. The zero-order valence-electron chi connectivity index (χ0n) is 24.0. The molecule has 6 rings (SSSR count). The highest BCUT2D eigenvalue weighted by Crippen LogP contribution is 2.37. The number of nitrogen functional groups attached to an aromatic ring is 1. The van der Waals surface area contributed by atoms with Crippen molar-refractivity contribution in [3.8, 4) is 17.2 Å². The zero-order chi connectivity index (χ0) is 29.5. The number of aryl methyl sites for hydroxylation is 1. The van der Waals surface area contributed by atoms with Gasteiger partial charge in [0.15, 0.2) is 5.78 Å². The number of nitrogens with two attached hydrogens (primary N) is 1. The molecule has 2 aliphatic rings. The van der Waals surface area contributed by atoms with Gasteiger partial charge in [-0.1, -0.05) is 29.8 Å². The number of carbonyl (C=O) groups excluding carboxylic acids is 1. The van der Waals surface area contributed by atoms with Crippen LogP contribution in [0.2, 0.25) is 5.02 Å². The second-order valence-corrected chi connectivity index (χ2v) is 11.9. The number of ether oxygens (including phenoxy) is 1. The number of aromatic nitrogens is 2. The Balaban J connectivity index is 1.18. The van der Waals surface area contributed by atoms with Gasteiger partial charge in [-0.2, -0.15) is 5.10 Å². The smallest absolute Gasteiger partial charge is 0.194 e. The highest BCUT2D eigenvalue weighted by atomic mass is 35.5. The molecule has 8 heteroatoms. The van der Waals surface area contributed by atoms with E-state index in [-0.39, 0.29) is 23.3 Å². The van der Waals surface area contributed by atoms with Gasteiger partial charge in [-0.15, -0.1) is 0 Å². The van der Waals surface area contributed by atoms with Gasteiger partial charge in [-0.05, 0) is 117 Å². The standard InChI is InChI=1S/C34H34ClFN4O2/c1-20(2)39-12-10-22(11-13-39)27-17-23-15-25(16-24(23)18-30(27)36)33(41)28-19-38-40(34(28)37)31-9-8-26(14-21(31)3)42-32-7-5-4-6-29(32)35/h4-9,14,16-20,22H,10-13,15,37H2,1-3H3. The Morgan fingerprint density at radius 2 is 1.88 bits per heavy atom. The highest BCUT2D eigenvalue weighted by Gasteiger charge is 2.28. The first-order valence-corrected chi connectivity index (χ1v) is 14.8. The molecule has 6 nitrogen and oxygen atoms in total. The van der Waals surface area contributed by atoms with E-state index in [1.807, 2.05) is 43.3 Å². The van der Waals surface area contributed by atoms with Crippen LogP contribution in [0.15, 0.2) is 66.4 Å². The maximum Gasteiger partial charge on any atom is 0.194 e. The molecule has 1 aromatic heterocycles. The third-order valence-corrected chi connectivity index (χ3v) is 8.78. The molecule has 1 fully saturated rings. The molecule has 0 unspecified atom stereocenters. The third-order valence-electron chi connectivity index (χ3n) is 8.47. The van der Waals surface area contributed by atoms with Crippen molar-refractivity contribution in [3.05, 3.63) is 105 Å². The van der Waals surface area contributed by atoms with Crippen molar-refractivity contribution in [2.24, 2.45) is 0 Å². The van der Waals surface area contributed by atoms with E-state index in [0.717, 1.165) is 53.9 Å². The number of ketones is 1. The molecular weight excluding hydrogens is 551 g/mol. The van der Waals surface area contributed by atoms with Crippen LogP contribution in [0.4, 0.5) is 10.2 Å². The molecular formula is C34H34ClFN4O2. The lowest BCUT2D eigenvalue weighted by molar-refractivity contribution is 0.103. The summed E-state index contributed by atoms with van der Waals surface area (Å²) in [6.07, 6.45) is 5.62. The van der Waals surface area contributed by atoms with E-state index in [2.05, 4.69) is 23.8 Å². The van der Waals surface area contributed by atoms with Crippen LogP contribution in [-0.2, 0) is 6.42 Å². The summed E-state index contributed by atoms with van der Waals surface area (Å²) >= 11 is 6.23. The lowest BCUT2D eigenvalue weighted by Gasteiger charge is -2.35. The van der Waals surface area contributed by atoms with Crippen molar-refractivity contribution < 1.29 is 13.9 Å². The number of fused-ring (bicyclic) bond motifs is 1. The van der Waals surface area contributed by atoms with Gasteiger partial charge in [0.2, 0.25) is 0 Å². The van der Waals surface area contributed by atoms with Crippen LogP contribution in [-0.4, -0.2) is 39.6 Å². The van der Waals surface area contributed by atoms with Crippen molar-refractivity contribution in [2.45, 2.75) is 52.0 Å². The van der Waals surface area contributed by atoms with Crippen LogP contribution < -0.4 is 10.5 Å². The van der Waals surface area contributed by atoms with Crippen molar-refractivity contribution in [2.75, 3.05) is 18.8 Å². The molecule has 1 aliphatic heterocycles. The monoisotopic (exact) mass is 584 g/mol. The number of nitrogens with zero attached hydrogens (tertiary/aromatic N) is 3. The lowest BCUT2D eigenvalue weighted by Crippen LogP contribution is -2.38. The molecule has 0 atom stereocenters. The average molecular weight is 585 g/mol. The van der Waals surface area contributed by atoms with E-state index >= 15 is 4.39 Å². The van der Waals surface area contributed by atoms with Gasteiger partial charge in [-0.25, -0.2) is 9.07 Å². The van der Waals surface area contributed by atoms with Gasteiger partial charge in [0.25, 0.3) is 0 Å². The summed E-state index contributed by atoms with van der Waals surface area (Å²) in [6.45, 7) is 8.27. The Labute approximate surface area is 250 Å². The van der Waals surface area contributed by atoms with Crippen LogP contribution in [0.25, 0.3) is 11.8 Å². The minimum Gasteiger partial charge on any atom is -0.456 e. The molecule has 4 aromatic rings. The Morgan fingerprint density at radius 3 is 2.60 bits per heavy atom. The average Bonchev–Trinajstić information content (AvgIpc) is 3.56. The van der Waals surface area contributed by atoms with E-state index < -0.39 is 0 Å². The molecule has 2 heterocycles. The fraction of sp³-hybridized carbons (Fsp3) is 0.294. The predicted octanol–water partition coefficient (Wildman–Crippen LogP) is 7.76. The molecule has 1 saturated heterocycles. The van der Waals surface area contributed by atoms with E-state index in [0.29, 0.717) is 40.1 Å². The number of halogens is 2. The molecule has 2 N–H and O–H groups in total. The minimum atomic E-state index is -0.196. The SMILES string of the molecule is Cc1cc(Oc2ccccc2Cl)ccc1-n1ncc(C(=O)C2=Cc3cc(F)c(C4CCN(C(C)C)CC4)cc3C2)c1N. The number of piperidine rings is 1. The number of hydrogen-bond donors (Lipinski definition) is 1. The molecule has 1 aliphatic carbocycles. The summed E-state index contributed by atoms with van der Waals surface area (Å²) in [4.78, 5) is 16.0. The molecule has 0 radical (unpaired) electrons. The number of Topliss-reactive ketones (excluding diaryl/α,β-unsaturated/α-hetero) is 1. The number of anilines is 1. The van der Waals surface area contributed by atoms with Gasteiger partial charge >= 0.3 is 0 Å². The number of rotatable bonds is 7. The van der Waals surface area contributed by atoms with Crippen LogP contribution in [0, 0.1) is 12.7 Å². The number of benzene rings is 3. The van der Waals surface area contributed by atoms with Crippen molar-refractivity contribution >= 4 is 29.3 Å². The predicted molar refractivity (Wildman–Crippen MR) is 165 cm³/mol. The van der Waals surface area contributed by atoms with Gasteiger partial charge in [0.1, 0.15) is 23.1 Å². The van der Waals surface area contributed by atoms with Crippen LogP contribution >= 0.6 is 11.6 Å². The Hall–Kier alpha value is -3.94. The van der Waals surface area contributed by atoms with E-state index in [1.54, 1.807) is 29.0 Å². The Kier molecular flexibility index (Phi) is 7.64. The zero-order valence-corrected chi connectivity index (χ0v) is 24.8. The summed E-state index contributed by atoms with van der Waals surface area (Å²) in [6, 6.07) is 16.9. The maximum atomic E-state index is 15.2. The first kappa shape index (κ1) is 28.2. The van der Waals surface area contributed by atoms with Gasteiger partial charge < -0.3 is 15.4 Å². The summed E-state index contributed by atoms with van der Waals surface area (Å²) in [5.41, 5.74) is 11.5. The number of likely N-dealkylation sites (tertiary alicyclic amines) is 1. The molecule has 42 heavy (non-hydrogen) atoms. The fourth-order valence-corrected chi connectivity index (χ4v) is 6.23. The van der Waals surface area contributed by atoms with E-state index in [4.69, 9.17) is 22.1 Å². The second kappa shape index (κ2) is 11.4. The Bertz CT molecular complexity index is 1700. The number of carbonyl (C=O) groups is 1. The molecule has 0 saturated carbocycles. The molecule has 0 bridgehead atoms.